The molecule has 5 heteroatoms. The van der Waals surface area contributed by atoms with E-state index in [9.17, 15) is 13.4 Å². The number of carbonyl (C=O) groups excluding carboxylic acids is 1. The first-order valence-corrected chi connectivity index (χ1v) is 8.75. The third kappa shape index (κ3) is 3.26. The van der Waals surface area contributed by atoms with Crippen LogP contribution in [-0.2, 0) is 11.0 Å². The zero-order valence-electron chi connectivity index (χ0n) is 12.9. The number of ketones is 1. The summed E-state index contributed by atoms with van der Waals surface area (Å²) in [5.74, 6) is -0.847. The predicted octanol–water partition coefficient (Wildman–Crippen LogP) is 3.81. The number of hydrogen-bond donors (Lipinski definition) is 0. The van der Waals surface area contributed by atoms with Crippen molar-refractivity contribution in [1.82, 2.24) is 4.31 Å². The van der Waals surface area contributed by atoms with Gasteiger partial charge in [0.1, 0.15) is 16.8 Å². The van der Waals surface area contributed by atoms with E-state index in [-0.39, 0.29) is 11.3 Å². The molecule has 0 bridgehead atoms. The van der Waals surface area contributed by atoms with Crippen LogP contribution in [0.2, 0.25) is 0 Å². The minimum absolute atomic E-state index is 0.0758. The van der Waals surface area contributed by atoms with Crippen LogP contribution in [0, 0.1) is 5.82 Å². The molecule has 1 saturated heterocycles. The molecule has 1 heterocycles. The van der Waals surface area contributed by atoms with Gasteiger partial charge in [0, 0.05) is 13.1 Å². The first-order valence-electron chi connectivity index (χ1n) is 7.64. The van der Waals surface area contributed by atoms with Crippen molar-refractivity contribution in [3.8, 4) is 11.1 Å². The van der Waals surface area contributed by atoms with Crippen molar-refractivity contribution >= 4 is 16.8 Å². The molecular formula is C18H18FNO2S. The standard InChI is InChI=1S/C18H18FNO2S/c1-13(21)15-9-8-14(12-17(15)19)16-6-2-3-7-18(16)23(22)20-10-4-5-11-20/h2-3,6-9,12H,4-5,10-11H2,1H3. The number of Topliss-reactive ketones (excluding diaryl/α,β-unsaturated/α-hetero) is 1. The maximum atomic E-state index is 14.1. The molecule has 120 valence electrons. The first-order chi connectivity index (χ1) is 11.1. The summed E-state index contributed by atoms with van der Waals surface area (Å²) >= 11 is 0. The Morgan fingerprint density at radius 3 is 2.48 bits per heavy atom. The molecular weight excluding hydrogens is 313 g/mol. The Morgan fingerprint density at radius 1 is 1.13 bits per heavy atom. The van der Waals surface area contributed by atoms with Gasteiger partial charge in [-0.2, -0.15) is 0 Å². The lowest BCUT2D eigenvalue weighted by molar-refractivity contribution is 0.101. The van der Waals surface area contributed by atoms with Gasteiger partial charge in [0.2, 0.25) is 0 Å². The Hall–Kier alpha value is -1.85. The van der Waals surface area contributed by atoms with Crippen LogP contribution in [0.5, 0.6) is 0 Å². The van der Waals surface area contributed by atoms with Crippen molar-refractivity contribution < 1.29 is 13.4 Å². The van der Waals surface area contributed by atoms with E-state index in [1.54, 1.807) is 6.07 Å². The minimum atomic E-state index is -1.25. The number of carbonyl (C=O) groups is 1. The second-order valence-electron chi connectivity index (χ2n) is 5.63. The predicted molar refractivity (Wildman–Crippen MR) is 89.1 cm³/mol. The average molecular weight is 331 g/mol. The van der Waals surface area contributed by atoms with Crippen molar-refractivity contribution in [3.05, 3.63) is 53.8 Å². The molecule has 3 nitrogen and oxygen atoms in total. The smallest absolute Gasteiger partial charge is 0.162 e. The fourth-order valence-corrected chi connectivity index (χ4v) is 4.26. The van der Waals surface area contributed by atoms with Gasteiger partial charge >= 0.3 is 0 Å². The molecule has 1 atom stereocenters. The van der Waals surface area contributed by atoms with Crippen LogP contribution in [0.25, 0.3) is 11.1 Å². The van der Waals surface area contributed by atoms with Crippen molar-refractivity contribution in [3.63, 3.8) is 0 Å². The van der Waals surface area contributed by atoms with Crippen molar-refractivity contribution in [2.45, 2.75) is 24.7 Å². The second-order valence-corrected chi connectivity index (χ2v) is 7.09. The summed E-state index contributed by atoms with van der Waals surface area (Å²) in [4.78, 5) is 12.1. The van der Waals surface area contributed by atoms with E-state index in [4.69, 9.17) is 0 Å². The van der Waals surface area contributed by atoms with Gasteiger partial charge in [-0.3, -0.25) is 4.79 Å². The number of hydrogen-bond acceptors (Lipinski definition) is 2. The monoisotopic (exact) mass is 331 g/mol. The molecule has 0 N–H and O–H groups in total. The SMILES string of the molecule is CC(=O)c1ccc(-c2ccccc2S(=O)N2CCCC2)cc1F. The number of halogens is 1. The quantitative estimate of drug-likeness (QED) is 0.799. The molecule has 2 aromatic rings. The van der Waals surface area contributed by atoms with Gasteiger partial charge in [-0.05, 0) is 49.1 Å². The van der Waals surface area contributed by atoms with E-state index in [1.165, 1.54) is 19.1 Å². The maximum Gasteiger partial charge on any atom is 0.162 e. The van der Waals surface area contributed by atoms with Crippen molar-refractivity contribution in [1.29, 1.82) is 0 Å². The molecule has 0 spiro atoms. The summed E-state index contributed by atoms with van der Waals surface area (Å²) in [6.07, 6.45) is 2.10. The van der Waals surface area contributed by atoms with E-state index in [2.05, 4.69) is 0 Å². The first kappa shape index (κ1) is 16.0. The third-order valence-corrected chi connectivity index (χ3v) is 5.60. The molecule has 1 unspecified atom stereocenters. The van der Waals surface area contributed by atoms with E-state index >= 15 is 0 Å². The van der Waals surface area contributed by atoms with E-state index in [0.717, 1.165) is 31.5 Å². The highest BCUT2D eigenvalue weighted by Crippen LogP contribution is 2.30. The second kappa shape index (κ2) is 6.72. The van der Waals surface area contributed by atoms with Gasteiger partial charge in [0.25, 0.3) is 0 Å². The van der Waals surface area contributed by atoms with E-state index < -0.39 is 16.8 Å². The normalized spacial score (nSPS) is 16.4. The van der Waals surface area contributed by atoms with Gasteiger partial charge in [-0.15, -0.1) is 0 Å². The topological polar surface area (TPSA) is 37.4 Å². The molecule has 0 radical (unpaired) electrons. The van der Waals surface area contributed by atoms with Crippen molar-refractivity contribution in [2.75, 3.05) is 13.1 Å². The highest BCUT2D eigenvalue weighted by Gasteiger charge is 2.22. The molecule has 0 aliphatic carbocycles. The van der Waals surface area contributed by atoms with Crippen LogP contribution in [0.3, 0.4) is 0 Å². The van der Waals surface area contributed by atoms with Crippen LogP contribution < -0.4 is 0 Å². The Bertz CT molecular complexity index is 769. The Kier molecular flexibility index (Phi) is 4.68. The molecule has 0 saturated carbocycles. The van der Waals surface area contributed by atoms with Gasteiger partial charge in [0.05, 0.1) is 10.5 Å². The van der Waals surface area contributed by atoms with E-state index in [1.807, 2.05) is 28.6 Å². The lowest BCUT2D eigenvalue weighted by Crippen LogP contribution is -2.22. The number of benzene rings is 2. The Morgan fingerprint density at radius 2 is 1.83 bits per heavy atom. The third-order valence-electron chi connectivity index (χ3n) is 4.03. The van der Waals surface area contributed by atoms with E-state index in [0.29, 0.717) is 10.5 Å². The average Bonchev–Trinajstić information content (AvgIpc) is 3.08. The summed E-state index contributed by atoms with van der Waals surface area (Å²) in [6.45, 7) is 2.98. The lowest BCUT2D eigenvalue weighted by Gasteiger charge is -2.17. The summed E-state index contributed by atoms with van der Waals surface area (Å²) < 4.78 is 28.8. The number of nitrogens with zero attached hydrogens (tertiary/aromatic N) is 1. The van der Waals surface area contributed by atoms with Gasteiger partial charge in [-0.1, -0.05) is 24.3 Å². The Labute approximate surface area is 137 Å². The zero-order valence-corrected chi connectivity index (χ0v) is 13.7. The van der Waals surface area contributed by atoms with Crippen LogP contribution in [0.4, 0.5) is 4.39 Å². The summed E-state index contributed by atoms with van der Waals surface area (Å²) in [7, 11) is -1.25. The summed E-state index contributed by atoms with van der Waals surface area (Å²) in [5, 5.41) is 0. The Balaban J connectivity index is 2.02. The largest absolute Gasteiger partial charge is 0.294 e. The fourth-order valence-electron chi connectivity index (χ4n) is 2.82. The molecule has 3 rings (SSSR count). The maximum absolute atomic E-state index is 14.1. The van der Waals surface area contributed by atoms with Gasteiger partial charge < -0.3 is 0 Å². The minimum Gasteiger partial charge on any atom is -0.294 e. The zero-order chi connectivity index (χ0) is 16.4. The number of rotatable bonds is 4. The molecule has 23 heavy (non-hydrogen) atoms. The molecule has 0 amide bonds. The molecule has 2 aromatic carbocycles. The summed E-state index contributed by atoms with van der Waals surface area (Å²) in [5.41, 5.74) is 1.45. The molecule has 1 aliphatic heterocycles. The molecule has 1 fully saturated rings. The molecule has 0 aromatic heterocycles. The fraction of sp³-hybridized carbons (Fsp3) is 0.278. The van der Waals surface area contributed by atoms with Crippen LogP contribution in [-0.4, -0.2) is 27.4 Å². The van der Waals surface area contributed by atoms with Crippen molar-refractivity contribution in [2.24, 2.45) is 0 Å². The van der Waals surface area contributed by atoms with Gasteiger partial charge in [-0.25, -0.2) is 12.9 Å². The van der Waals surface area contributed by atoms with Crippen LogP contribution >= 0.6 is 0 Å². The highest BCUT2D eigenvalue weighted by molar-refractivity contribution is 7.82. The molecule has 1 aliphatic rings. The van der Waals surface area contributed by atoms with Crippen LogP contribution in [0.1, 0.15) is 30.1 Å². The lowest BCUT2D eigenvalue weighted by atomic mass is 10.0. The van der Waals surface area contributed by atoms with Gasteiger partial charge in [0.15, 0.2) is 5.78 Å². The highest BCUT2D eigenvalue weighted by atomic mass is 32.2. The summed E-state index contributed by atoms with van der Waals surface area (Å²) in [6, 6.07) is 11.9. The van der Waals surface area contributed by atoms with Crippen LogP contribution in [0.15, 0.2) is 47.4 Å².